The Morgan fingerprint density at radius 3 is 2.50 bits per heavy atom. The molecule has 0 radical (unpaired) electrons. The maximum atomic E-state index is 6.09. The highest BCUT2D eigenvalue weighted by atomic mass is 79.9. The van der Waals surface area contributed by atoms with Gasteiger partial charge < -0.3 is 5.73 Å². The van der Waals surface area contributed by atoms with Gasteiger partial charge in [-0.25, -0.2) is 4.68 Å². The Bertz CT molecular complexity index is 765. The molecule has 1 heterocycles. The number of nitrogen functional groups attached to an aromatic ring is 1. The summed E-state index contributed by atoms with van der Waals surface area (Å²) in [6.45, 7) is 0. The fraction of sp³-hybridized carbons (Fsp3) is 0. The van der Waals surface area contributed by atoms with Crippen LogP contribution in [0, 0.1) is 0 Å². The molecule has 0 fully saturated rings. The van der Waals surface area contributed by atoms with Crippen LogP contribution >= 0.6 is 31.9 Å². The van der Waals surface area contributed by atoms with E-state index in [9.17, 15) is 0 Å². The van der Waals surface area contributed by atoms with Crippen LogP contribution in [0.1, 0.15) is 0 Å². The summed E-state index contributed by atoms with van der Waals surface area (Å²) < 4.78 is 3.71. The normalized spacial score (nSPS) is 10.7. The van der Waals surface area contributed by atoms with Gasteiger partial charge in [0.1, 0.15) is 5.82 Å². The van der Waals surface area contributed by atoms with Crippen LogP contribution in [0.25, 0.3) is 16.9 Å². The van der Waals surface area contributed by atoms with Crippen LogP contribution in [0.4, 0.5) is 5.82 Å². The first kappa shape index (κ1) is 13.4. The van der Waals surface area contributed by atoms with E-state index in [0.29, 0.717) is 5.82 Å². The molecule has 0 bridgehead atoms. The van der Waals surface area contributed by atoms with Crippen molar-refractivity contribution in [1.82, 2.24) is 9.78 Å². The maximum Gasteiger partial charge on any atom is 0.127 e. The van der Waals surface area contributed by atoms with Crippen molar-refractivity contribution in [2.75, 3.05) is 5.73 Å². The van der Waals surface area contributed by atoms with Crippen molar-refractivity contribution in [2.45, 2.75) is 0 Å². The number of nitrogens with zero attached hydrogens (tertiary/aromatic N) is 2. The third-order valence-electron chi connectivity index (χ3n) is 2.94. The molecule has 0 saturated heterocycles. The molecule has 2 N–H and O–H groups in total. The Kier molecular flexibility index (Phi) is 3.63. The van der Waals surface area contributed by atoms with Crippen molar-refractivity contribution < 1.29 is 0 Å². The molecule has 100 valence electrons. The number of hydrogen-bond acceptors (Lipinski definition) is 2. The smallest absolute Gasteiger partial charge is 0.127 e. The van der Waals surface area contributed by atoms with E-state index in [1.165, 1.54) is 0 Å². The quantitative estimate of drug-likeness (QED) is 0.689. The molecule has 5 heteroatoms. The first-order valence-corrected chi connectivity index (χ1v) is 7.60. The molecule has 0 atom stereocenters. The number of aromatic nitrogens is 2. The molecule has 3 rings (SSSR count). The zero-order valence-electron chi connectivity index (χ0n) is 10.4. The van der Waals surface area contributed by atoms with E-state index in [1.54, 1.807) is 4.68 Å². The van der Waals surface area contributed by atoms with Crippen LogP contribution in [-0.2, 0) is 0 Å². The van der Waals surface area contributed by atoms with Crippen LogP contribution in [0.15, 0.2) is 63.5 Å². The van der Waals surface area contributed by atoms with Gasteiger partial charge in [-0.3, -0.25) is 0 Å². The van der Waals surface area contributed by atoms with E-state index < -0.39 is 0 Å². The van der Waals surface area contributed by atoms with Crippen molar-refractivity contribution in [3.63, 3.8) is 0 Å². The molecule has 2 aromatic carbocycles. The van der Waals surface area contributed by atoms with Crippen LogP contribution in [0.3, 0.4) is 0 Å². The monoisotopic (exact) mass is 391 g/mol. The van der Waals surface area contributed by atoms with Crippen molar-refractivity contribution in [2.24, 2.45) is 0 Å². The summed E-state index contributed by atoms with van der Waals surface area (Å²) in [6, 6.07) is 17.7. The lowest BCUT2D eigenvalue weighted by Crippen LogP contribution is -2.02. The van der Waals surface area contributed by atoms with Crippen LogP contribution < -0.4 is 5.73 Å². The zero-order valence-corrected chi connectivity index (χ0v) is 13.6. The summed E-state index contributed by atoms with van der Waals surface area (Å²) in [6.07, 6.45) is 0. The largest absolute Gasteiger partial charge is 0.384 e. The Morgan fingerprint density at radius 2 is 1.75 bits per heavy atom. The van der Waals surface area contributed by atoms with Crippen LogP contribution in [0.5, 0.6) is 0 Å². The van der Waals surface area contributed by atoms with Gasteiger partial charge in [0, 0.05) is 20.6 Å². The van der Waals surface area contributed by atoms with Gasteiger partial charge in [-0.2, -0.15) is 5.10 Å². The topological polar surface area (TPSA) is 43.8 Å². The van der Waals surface area contributed by atoms with E-state index in [2.05, 4.69) is 37.0 Å². The maximum absolute atomic E-state index is 6.09. The van der Waals surface area contributed by atoms with E-state index in [-0.39, 0.29) is 0 Å². The van der Waals surface area contributed by atoms with Gasteiger partial charge in [0.25, 0.3) is 0 Å². The number of halogens is 2. The van der Waals surface area contributed by atoms with Crippen LogP contribution in [-0.4, -0.2) is 9.78 Å². The first-order valence-electron chi connectivity index (χ1n) is 6.01. The summed E-state index contributed by atoms with van der Waals surface area (Å²) in [4.78, 5) is 0. The summed E-state index contributed by atoms with van der Waals surface area (Å²) in [5.41, 5.74) is 8.88. The van der Waals surface area contributed by atoms with Crippen molar-refractivity contribution in [3.8, 4) is 16.9 Å². The number of benzene rings is 2. The number of nitrogens with two attached hydrogens (primary N) is 1. The van der Waals surface area contributed by atoms with E-state index in [0.717, 1.165) is 25.9 Å². The lowest BCUT2D eigenvalue weighted by Gasteiger charge is -2.05. The highest BCUT2D eigenvalue weighted by Gasteiger charge is 2.10. The van der Waals surface area contributed by atoms with Gasteiger partial charge in [0.05, 0.1) is 11.4 Å². The molecule has 0 aliphatic carbocycles. The van der Waals surface area contributed by atoms with Crippen molar-refractivity contribution in [1.29, 1.82) is 0 Å². The predicted octanol–water partition coefficient (Wildman–Crippen LogP) is 4.65. The minimum Gasteiger partial charge on any atom is -0.384 e. The Balaban J connectivity index is 2.10. The minimum atomic E-state index is 0.604. The van der Waals surface area contributed by atoms with Gasteiger partial charge in [-0.15, -0.1) is 0 Å². The second-order valence-electron chi connectivity index (χ2n) is 4.33. The van der Waals surface area contributed by atoms with Gasteiger partial charge >= 0.3 is 0 Å². The fourth-order valence-electron chi connectivity index (χ4n) is 2.00. The van der Waals surface area contributed by atoms with Gasteiger partial charge in [0.2, 0.25) is 0 Å². The second-order valence-corrected chi connectivity index (χ2v) is 6.10. The first-order chi connectivity index (χ1) is 9.65. The standard InChI is InChI=1S/C15H11Br2N3/c16-11-5-3-4-10(8-11)13-9-15(18)20(19-13)14-7-2-1-6-12(14)17/h1-9H,18H2. The number of rotatable bonds is 2. The number of anilines is 1. The van der Waals surface area contributed by atoms with E-state index in [1.807, 2.05) is 54.6 Å². The molecule has 0 spiro atoms. The molecule has 0 unspecified atom stereocenters. The van der Waals surface area contributed by atoms with Gasteiger partial charge in [0.15, 0.2) is 0 Å². The zero-order chi connectivity index (χ0) is 14.1. The predicted molar refractivity (Wildman–Crippen MR) is 88.8 cm³/mol. The van der Waals surface area contributed by atoms with Crippen LogP contribution in [0.2, 0.25) is 0 Å². The van der Waals surface area contributed by atoms with E-state index >= 15 is 0 Å². The molecule has 1 aromatic heterocycles. The summed E-state index contributed by atoms with van der Waals surface area (Å²) in [5, 5.41) is 4.59. The van der Waals surface area contributed by atoms with Gasteiger partial charge in [-0.05, 0) is 40.2 Å². The lowest BCUT2D eigenvalue weighted by molar-refractivity contribution is 0.891. The highest BCUT2D eigenvalue weighted by molar-refractivity contribution is 9.10. The molecular formula is C15H11Br2N3. The number of para-hydroxylation sites is 1. The molecule has 0 aliphatic heterocycles. The minimum absolute atomic E-state index is 0.604. The molecule has 0 saturated carbocycles. The average Bonchev–Trinajstić information content (AvgIpc) is 2.81. The Morgan fingerprint density at radius 1 is 0.950 bits per heavy atom. The SMILES string of the molecule is Nc1cc(-c2cccc(Br)c2)nn1-c1ccccc1Br. The molecule has 3 nitrogen and oxygen atoms in total. The van der Waals surface area contributed by atoms with Crippen molar-refractivity contribution in [3.05, 3.63) is 63.5 Å². The third kappa shape index (κ3) is 2.51. The number of hydrogen-bond donors (Lipinski definition) is 1. The third-order valence-corrected chi connectivity index (χ3v) is 4.10. The fourth-order valence-corrected chi connectivity index (χ4v) is 2.85. The highest BCUT2D eigenvalue weighted by Crippen LogP contribution is 2.27. The summed E-state index contributed by atoms with van der Waals surface area (Å²) in [7, 11) is 0. The molecule has 0 aliphatic rings. The van der Waals surface area contributed by atoms with Gasteiger partial charge in [-0.1, -0.05) is 40.2 Å². The van der Waals surface area contributed by atoms with E-state index in [4.69, 9.17) is 5.73 Å². The summed E-state index contributed by atoms with van der Waals surface area (Å²) >= 11 is 6.99. The molecule has 3 aromatic rings. The Hall–Kier alpha value is -1.59. The Labute approximate surface area is 133 Å². The lowest BCUT2D eigenvalue weighted by atomic mass is 10.2. The average molecular weight is 393 g/mol. The summed E-state index contributed by atoms with van der Waals surface area (Å²) in [5.74, 6) is 0.604. The molecule has 0 amide bonds. The second kappa shape index (κ2) is 5.42. The molecule has 20 heavy (non-hydrogen) atoms. The van der Waals surface area contributed by atoms with Crippen molar-refractivity contribution >= 4 is 37.7 Å². The molecular weight excluding hydrogens is 382 g/mol.